The first kappa shape index (κ1) is 21.1. The summed E-state index contributed by atoms with van der Waals surface area (Å²) < 4.78 is 41.4. The summed E-state index contributed by atoms with van der Waals surface area (Å²) in [4.78, 5) is 18.8. The Bertz CT molecular complexity index is 861. The SMILES string of the molecule is CC(C)(C(=O)N1CCC(O)(c2cccc(OC(F)(F)F)c2)CC1)c1cccnc1. The molecule has 5 nitrogen and oxygen atoms in total. The number of halogens is 3. The van der Waals surface area contributed by atoms with Crippen LogP contribution in [0.4, 0.5) is 13.2 Å². The van der Waals surface area contributed by atoms with Gasteiger partial charge in [0.2, 0.25) is 5.91 Å². The van der Waals surface area contributed by atoms with E-state index in [0.29, 0.717) is 18.7 Å². The molecule has 8 heteroatoms. The maximum atomic E-state index is 13.1. The van der Waals surface area contributed by atoms with Crippen molar-refractivity contribution >= 4 is 5.91 Å². The Kier molecular flexibility index (Phi) is 5.58. The highest BCUT2D eigenvalue weighted by atomic mass is 19.4. The highest BCUT2D eigenvalue weighted by Crippen LogP contribution is 2.37. The molecule has 1 amide bonds. The van der Waals surface area contributed by atoms with Gasteiger partial charge in [-0.05, 0) is 56.0 Å². The number of hydrogen-bond acceptors (Lipinski definition) is 4. The van der Waals surface area contributed by atoms with Crippen molar-refractivity contribution in [3.05, 3.63) is 59.9 Å². The van der Waals surface area contributed by atoms with Crippen LogP contribution in [-0.4, -0.2) is 40.3 Å². The quantitative estimate of drug-likeness (QED) is 0.837. The molecule has 0 radical (unpaired) electrons. The van der Waals surface area contributed by atoms with E-state index in [1.165, 1.54) is 18.2 Å². The first-order chi connectivity index (χ1) is 13.5. The number of likely N-dealkylation sites (tertiary alicyclic amines) is 1. The maximum absolute atomic E-state index is 13.1. The van der Waals surface area contributed by atoms with Crippen LogP contribution >= 0.6 is 0 Å². The van der Waals surface area contributed by atoms with E-state index < -0.39 is 17.4 Å². The molecule has 0 saturated carbocycles. The molecule has 1 aliphatic heterocycles. The van der Waals surface area contributed by atoms with Crippen LogP contribution in [0.2, 0.25) is 0 Å². The molecule has 0 atom stereocenters. The zero-order chi connectivity index (χ0) is 21.3. The van der Waals surface area contributed by atoms with Crippen LogP contribution in [0.15, 0.2) is 48.8 Å². The number of pyridine rings is 1. The van der Waals surface area contributed by atoms with Crippen molar-refractivity contribution in [3.63, 3.8) is 0 Å². The Morgan fingerprint density at radius 2 is 1.86 bits per heavy atom. The number of rotatable bonds is 4. The first-order valence-electron chi connectivity index (χ1n) is 9.30. The summed E-state index contributed by atoms with van der Waals surface area (Å²) >= 11 is 0. The lowest BCUT2D eigenvalue weighted by Gasteiger charge is -2.41. The van der Waals surface area contributed by atoms with Gasteiger partial charge < -0.3 is 14.7 Å². The molecule has 29 heavy (non-hydrogen) atoms. The largest absolute Gasteiger partial charge is 0.573 e. The third-order valence-corrected chi connectivity index (χ3v) is 5.40. The van der Waals surface area contributed by atoms with E-state index in [2.05, 4.69) is 9.72 Å². The lowest BCUT2D eigenvalue weighted by atomic mass is 9.81. The minimum atomic E-state index is -4.80. The normalized spacial score (nSPS) is 17.1. The number of amides is 1. The van der Waals surface area contributed by atoms with Crippen LogP contribution in [0.25, 0.3) is 0 Å². The summed E-state index contributed by atoms with van der Waals surface area (Å²) in [6.45, 7) is 4.24. The van der Waals surface area contributed by atoms with Crippen LogP contribution < -0.4 is 4.74 Å². The summed E-state index contributed by atoms with van der Waals surface area (Å²) in [7, 11) is 0. The van der Waals surface area contributed by atoms with Crippen molar-refractivity contribution in [2.75, 3.05) is 13.1 Å². The zero-order valence-corrected chi connectivity index (χ0v) is 16.2. The minimum Gasteiger partial charge on any atom is -0.406 e. The number of piperidine rings is 1. The van der Waals surface area contributed by atoms with E-state index in [1.54, 1.807) is 29.4 Å². The van der Waals surface area contributed by atoms with E-state index >= 15 is 0 Å². The second-order valence-electron chi connectivity index (χ2n) is 7.77. The molecule has 156 valence electrons. The minimum absolute atomic E-state index is 0.0818. The molecule has 1 aromatic heterocycles. The number of hydrogen-bond donors (Lipinski definition) is 1. The van der Waals surface area contributed by atoms with Gasteiger partial charge in [0.25, 0.3) is 0 Å². The molecule has 2 aromatic rings. The number of carbonyl (C=O) groups excluding carboxylic acids is 1. The molecule has 0 spiro atoms. The fraction of sp³-hybridized carbons (Fsp3) is 0.429. The third-order valence-electron chi connectivity index (χ3n) is 5.40. The van der Waals surface area contributed by atoms with E-state index in [4.69, 9.17) is 0 Å². The van der Waals surface area contributed by atoms with Crippen molar-refractivity contribution < 1.29 is 27.8 Å². The number of aromatic nitrogens is 1. The van der Waals surface area contributed by atoms with Gasteiger partial charge in [-0.2, -0.15) is 0 Å². The Morgan fingerprint density at radius 3 is 2.45 bits per heavy atom. The van der Waals surface area contributed by atoms with Crippen LogP contribution in [0.3, 0.4) is 0 Å². The maximum Gasteiger partial charge on any atom is 0.573 e. The van der Waals surface area contributed by atoms with Crippen LogP contribution in [-0.2, 0) is 15.8 Å². The van der Waals surface area contributed by atoms with Crippen LogP contribution in [0, 0.1) is 0 Å². The lowest BCUT2D eigenvalue weighted by molar-refractivity contribution is -0.274. The van der Waals surface area contributed by atoms with Crippen LogP contribution in [0.1, 0.15) is 37.8 Å². The van der Waals surface area contributed by atoms with Gasteiger partial charge in [0.05, 0.1) is 11.0 Å². The molecule has 1 saturated heterocycles. The lowest BCUT2D eigenvalue weighted by Crippen LogP contribution is -2.50. The van der Waals surface area contributed by atoms with Gasteiger partial charge in [-0.1, -0.05) is 18.2 Å². The number of ether oxygens (including phenoxy) is 1. The Labute approximate surface area is 167 Å². The van der Waals surface area contributed by atoms with Gasteiger partial charge >= 0.3 is 6.36 Å². The van der Waals surface area contributed by atoms with Crippen molar-refractivity contribution in [2.45, 2.75) is 44.1 Å². The molecule has 0 unspecified atom stereocenters. The highest BCUT2D eigenvalue weighted by molar-refractivity contribution is 5.87. The van der Waals surface area contributed by atoms with Crippen molar-refractivity contribution in [1.29, 1.82) is 0 Å². The highest BCUT2D eigenvalue weighted by Gasteiger charge is 2.40. The summed E-state index contributed by atoms with van der Waals surface area (Å²) in [5.41, 5.74) is -0.953. The molecule has 3 rings (SSSR count). The van der Waals surface area contributed by atoms with Crippen LogP contribution in [0.5, 0.6) is 5.75 Å². The van der Waals surface area contributed by atoms with E-state index in [1.807, 2.05) is 19.9 Å². The fourth-order valence-corrected chi connectivity index (χ4v) is 3.60. The summed E-state index contributed by atoms with van der Waals surface area (Å²) in [5, 5.41) is 11.0. The van der Waals surface area contributed by atoms with Crippen molar-refractivity contribution in [1.82, 2.24) is 9.88 Å². The standard InChI is InChI=1S/C21H23F3N2O3/c1-19(2,16-6-4-10-25-14-16)18(27)26-11-8-20(28,9-12-26)15-5-3-7-17(13-15)29-21(22,23)24/h3-7,10,13-14,28H,8-9,11-12H2,1-2H3. The average molecular weight is 408 g/mol. The van der Waals surface area contributed by atoms with Crippen molar-refractivity contribution in [2.24, 2.45) is 0 Å². The molecular formula is C21H23F3N2O3. The number of alkyl halides is 3. The van der Waals surface area contributed by atoms with Crippen molar-refractivity contribution in [3.8, 4) is 5.75 Å². The second-order valence-corrected chi connectivity index (χ2v) is 7.77. The van der Waals surface area contributed by atoms with Gasteiger partial charge in [0, 0.05) is 25.5 Å². The monoisotopic (exact) mass is 408 g/mol. The summed E-state index contributed by atoms with van der Waals surface area (Å²) in [6.07, 6.45) is -1.06. The number of carbonyl (C=O) groups is 1. The second kappa shape index (κ2) is 7.67. The predicted molar refractivity (Wildman–Crippen MR) is 100 cm³/mol. The zero-order valence-electron chi connectivity index (χ0n) is 16.2. The average Bonchev–Trinajstić information content (AvgIpc) is 2.67. The van der Waals surface area contributed by atoms with Gasteiger partial charge in [-0.15, -0.1) is 13.2 Å². The molecule has 1 fully saturated rings. The molecule has 1 N–H and O–H groups in total. The smallest absolute Gasteiger partial charge is 0.406 e. The number of aliphatic hydroxyl groups is 1. The molecule has 2 heterocycles. The van der Waals surface area contributed by atoms with E-state index in [-0.39, 0.29) is 24.5 Å². The van der Waals surface area contributed by atoms with Gasteiger partial charge in [0.15, 0.2) is 0 Å². The molecule has 0 bridgehead atoms. The Hall–Kier alpha value is -2.61. The topological polar surface area (TPSA) is 62.7 Å². The molecular weight excluding hydrogens is 385 g/mol. The van der Waals surface area contributed by atoms with E-state index in [9.17, 15) is 23.1 Å². The molecule has 1 aromatic carbocycles. The van der Waals surface area contributed by atoms with Gasteiger partial charge in [-0.3, -0.25) is 9.78 Å². The number of benzene rings is 1. The third kappa shape index (κ3) is 4.70. The fourth-order valence-electron chi connectivity index (χ4n) is 3.60. The predicted octanol–water partition coefficient (Wildman–Crippen LogP) is 3.77. The summed E-state index contributed by atoms with van der Waals surface area (Å²) in [5.74, 6) is -0.457. The van der Waals surface area contributed by atoms with E-state index in [0.717, 1.165) is 5.56 Å². The number of nitrogens with zero attached hydrogens (tertiary/aromatic N) is 2. The Balaban J connectivity index is 1.71. The molecule has 1 aliphatic rings. The molecule has 0 aliphatic carbocycles. The Morgan fingerprint density at radius 1 is 1.17 bits per heavy atom. The summed E-state index contributed by atoms with van der Waals surface area (Å²) in [6, 6.07) is 8.99. The van der Waals surface area contributed by atoms with Gasteiger partial charge in [-0.25, -0.2) is 0 Å². The van der Waals surface area contributed by atoms with Gasteiger partial charge in [0.1, 0.15) is 5.75 Å². The first-order valence-corrected chi connectivity index (χ1v) is 9.30.